The van der Waals surface area contributed by atoms with E-state index in [9.17, 15) is 9.90 Å². The normalized spacial score (nSPS) is 12.4. The van der Waals surface area contributed by atoms with E-state index in [2.05, 4.69) is 23.8 Å². The molecule has 4 nitrogen and oxygen atoms in total. The summed E-state index contributed by atoms with van der Waals surface area (Å²) in [6, 6.07) is 0. The van der Waals surface area contributed by atoms with Gasteiger partial charge in [0.15, 0.2) is 0 Å². The molecule has 0 aliphatic heterocycles. The van der Waals surface area contributed by atoms with Gasteiger partial charge in [-0.15, -0.1) is 11.8 Å². The van der Waals surface area contributed by atoms with Crippen LogP contribution in [0.2, 0.25) is 0 Å². The van der Waals surface area contributed by atoms with Crippen molar-refractivity contribution in [3.63, 3.8) is 0 Å². The van der Waals surface area contributed by atoms with Gasteiger partial charge < -0.3 is 5.11 Å². The van der Waals surface area contributed by atoms with Crippen LogP contribution in [-0.4, -0.2) is 26.8 Å². The molecular weight excluding hydrogens is 248 g/mol. The van der Waals surface area contributed by atoms with Gasteiger partial charge in [-0.1, -0.05) is 27.2 Å². The number of hydrogen-bond donors (Lipinski definition) is 1. The van der Waals surface area contributed by atoms with Gasteiger partial charge in [0.2, 0.25) is 0 Å². The molecule has 0 saturated heterocycles. The quantitative estimate of drug-likeness (QED) is 0.634. The zero-order valence-electron chi connectivity index (χ0n) is 11.4. The molecule has 0 aliphatic rings. The summed E-state index contributed by atoms with van der Waals surface area (Å²) in [6.45, 7) is 7.99. The first-order valence-corrected chi connectivity index (χ1v) is 7.21. The van der Waals surface area contributed by atoms with Gasteiger partial charge in [0.05, 0.1) is 5.69 Å². The molecule has 5 heteroatoms. The fourth-order valence-corrected chi connectivity index (χ4v) is 2.68. The van der Waals surface area contributed by atoms with Crippen LogP contribution in [0.4, 0.5) is 0 Å². The van der Waals surface area contributed by atoms with E-state index in [0.29, 0.717) is 22.5 Å². The molecule has 1 heterocycles. The highest BCUT2D eigenvalue weighted by molar-refractivity contribution is 7.99. The summed E-state index contributed by atoms with van der Waals surface area (Å²) in [5, 5.41) is 9.84. The van der Waals surface area contributed by atoms with Crippen LogP contribution in [0.15, 0.2) is 5.03 Å². The predicted molar refractivity (Wildman–Crippen MR) is 73.3 cm³/mol. The molecule has 1 aromatic heterocycles. The Morgan fingerprint density at radius 3 is 2.56 bits per heavy atom. The molecule has 0 aromatic carbocycles. The Morgan fingerprint density at radius 1 is 1.39 bits per heavy atom. The van der Waals surface area contributed by atoms with Crippen LogP contribution < -0.4 is 0 Å². The largest absolute Gasteiger partial charge is 0.478 e. The molecular formula is C13H20N2O2S. The molecule has 1 aromatic rings. The van der Waals surface area contributed by atoms with E-state index in [1.54, 1.807) is 6.92 Å². The average molecular weight is 268 g/mol. The fourth-order valence-electron chi connectivity index (χ4n) is 1.45. The number of carboxylic acids is 1. The van der Waals surface area contributed by atoms with E-state index >= 15 is 0 Å². The van der Waals surface area contributed by atoms with Crippen molar-refractivity contribution in [2.75, 3.05) is 5.75 Å². The van der Waals surface area contributed by atoms with Crippen molar-refractivity contribution in [3.05, 3.63) is 17.1 Å². The van der Waals surface area contributed by atoms with Gasteiger partial charge in [-0.2, -0.15) is 0 Å². The lowest BCUT2D eigenvalue weighted by molar-refractivity contribution is 0.0690. The summed E-state index contributed by atoms with van der Waals surface area (Å²) < 4.78 is 0. The van der Waals surface area contributed by atoms with E-state index in [-0.39, 0.29) is 5.56 Å². The number of nitrogens with zero attached hydrogens (tertiary/aromatic N) is 2. The lowest BCUT2D eigenvalue weighted by atomic mass is 10.2. The number of hydrogen-bond acceptors (Lipinski definition) is 4. The Bertz CT molecular complexity index is 435. The van der Waals surface area contributed by atoms with Crippen molar-refractivity contribution in [1.82, 2.24) is 9.97 Å². The van der Waals surface area contributed by atoms with Gasteiger partial charge >= 0.3 is 5.97 Å². The minimum Gasteiger partial charge on any atom is -0.478 e. The Hall–Kier alpha value is -1.10. The summed E-state index contributed by atoms with van der Waals surface area (Å²) >= 11 is 1.52. The highest BCUT2D eigenvalue weighted by Crippen LogP contribution is 2.25. The lowest BCUT2D eigenvalue weighted by Gasteiger charge is -2.11. The molecule has 0 aliphatic carbocycles. The van der Waals surface area contributed by atoms with Crippen molar-refractivity contribution >= 4 is 17.7 Å². The standard InChI is InChI=1S/C13H20N2O2S/c1-5-8(3)7-18-12-11(13(16)17)9(4)14-10(6-2)15-12/h8H,5-7H2,1-4H3,(H,16,17). The van der Waals surface area contributed by atoms with Crippen LogP contribution in [0.25, 0.3) is 0 Å². The number of rotatable bonds is 6. The maximum atomic E-state index is 11.3. The topological polar surface area (TPSA) is 63.1 Å². The number of thioether (sulfide) groups is 1. The maximum Gasteiger partial charge on any atom is 0.340 e. The second-order valence-corrected chi connectivity index (χ2v) is 5.40. The third-order valence-electron chi connectivity index (χ3n) is 2.83. The van der Waals surface area contributed by atoms with Crippen LogP contribution in [0.1, 0.15) is 49.1 Å². The Kier molecular flexibility index (Phi) is 5.59. The van der Waals surface area contributed by atoms with Crippen molar-refractivity contribution in [3.8, 4) is 0 Å². The van der Waals surface area contributed by atoms with Gasteiger partial charge in [0, 0.05) is 12.2 Å². The van der Waals surface area contributed by atoms with Gasteiger partial charge in [0.1, 0.15) is 16.4 Å². The van der Waals surface area contributed by atoms with E-state index in [0.717, 1.165) is 18.6 Å². The summed E-state index contributed by atoms with van der Waals surface area (Å²) in [5.74, 6) is 1.21. The smallest absolute Gasteiger partial charge is 0.340 e. The first-order valence-electron chi connectivity index (χ1n) is 6.23. The van der Waals surface area contributed by atoms with E-state index < -0.39 is 5.97 Å². The van der Waals surface area contributed by atoms with Crippen LogP contribution in [0, 0.1) is 12.8 Å². The van der Waals surface area contributed by atoms with E-state index in [1.807, 2.05) is 6.92 Å². The molecule has 1 rings (SSSR count). The van der Waals surface area contributed by atoms with Crippen LogP contribution in [0.3, 0.4) is 0 Å². The van der Waals surface area contributed by atoms with Gasteiger partial charge in [-0.05, 0) is 12.8 Å². The Balaban J connectivity index is 3.05. The SMILES string of the molecule is CCc1nc(C)c(C(=O)O)c(SCC(C)CC)n1. The first kappa shape index (κ1) is 15.0. The van der Waals surface area contributed by atoms with Crippen LogP contribution in [-0.2, 0) is 6.42 Å². The fraction of sp³-hybridized carbons (Fsp3) is 0.615. The molecule has 100 valence electrons. The molecule has 0 fully saturated rings. The Morgan fingerprint density at radius 2 is 2.06 bits per heavy atom. The average Bonchev–Trinajstić information content (AvgIpc) is 2.34. The number of aromatic carboxylic acids is 1. The number of aromatic nitrogens is 2. The summed E-state index contributed by atoms with van der Waals surface area (Å²) in [7, 11) is 0. The molecule has 1 unspecified atom stereocenters. The van der Waals surface area contributed by atoms with Gasteiger partial charge in [-0.3, -0.25) is 0 Å². The summed E-state index contributed by atoms with van der Waals surface area (Å²) in [5.41, 5.74) is 0.807. The minimum atomic E-state index is -0.943. The summed E-state index contributed by atoms with van der Waals surface area (Å²) in [4.78, 5) is 19.8. The molecule has 0 spiro atoms. The van der Waals surface area contributed by atoms with Crippen molar-refractivity contribution in [2.45, 2.75) is 45.6 Å². The van der Waals surface area contributed by atoms with E-state index in [4.69, 9.17) is 0 Å². The number of carbonyl (C=O) groups is 1. The molecule has 1 N–H and O–H groups in total. The molecule has 0 bridgehead atoms. The van der Waals surface area contributed by atoms with Crippen molar-refractivity contribution < 1.29 is 9.90 Å². The van der Waals surface area contributed by atoms with Crippen LogP contribution >= 0.6 is 11.8 Å². The first-order chi connectivity index (χ1) is 8.49. The second-order valence-electron chi connectivity index (χ2n) is 4.39. The maximum absolute atomic E-state index is 11.3. The molecule has 0 saturated carbocycles. The minimum absolute atomic E-state index is 0.250. The van der Waals surface area contributed by atoms with Gasteiger partial charge in [0.25, 0.3) is 0 Å². The van der Waals surface area contributed by atoms with Gasteiger partial charge in [-0.25, -0.2) is 14.8 Å². The zero-order valence-corrected chi connectivity index (χ0v) is 12.2. The second kappa shape index (κ2) is 6.73. The molecule has 1 atom stereocenters. The number of aryl methyl sites for hydroxylation is 2. The molecule has 18 heavy (non-hydrogen) atoms. The van der Waals surface area contributed by atoms with Crippen molar-refractivity contribution in [2.24, 2.45) is 5.92 Å². The monoisotopic (exact) mass is 268 g/mol. The van der Waals surface area contributed by atoms with Crippen LogP contribution in [0.5, 0.6) is 0 Å². The molecule has 0 amide bonds. The highest BCUT2D eigenvalue weighted by Gasteiger charge is 2.18. The lowest BCUT2D eigenvalue weighted by Crippen LogP contribution is -2.10. The third-order valence-corrected chi connectivity index (χ3v) is 4.14. The van der Waals surface area contributed by atoms with E-state index in [1.165, 1.54) is 11.8 Å². The van der Waals surface area contributed by atoms with Crippen molar-refractivity contribution in [1.29, 1.82) is 0 Å². The zero-order chi connectivity index (χ0) is 13.7. The summed E-state index contributed by atoms with van der Waals surface area (Å²) in [6.07, 6.45) is 1.80. The molecule has 0 radical (unpaired) electrons. The number of carboxylic acid groups (broad SMARTS) is 1. The third kappa shape index (κ3) is 3.70. The Labute approximate surface area is 112 Å². The highest BCUT2D eigenvalue weighted by atomic mass is 32.2. The predicted octanol–water partition coefficient (Wildman–Crippen LogP) is 3.18.